The second-order valence-corrected chi connectivity index (χ2v) is 9.51. The van der Waals surface area contributed by atoms with Gasteiger partial charge in [-0.1, -0.05) is 32.9 Å². The molecule has 0 atom stereocenters. The Morgan fingerprint density at radius 3 is 2.34 bits per heavy atom. The van der Waals surface area contributed by atoms with Crippen molar-refractivity contribution in [3.05, 3.63) is 47.9 Å². The molecule has 0 spiro atoms. The summed E-state index contributed by atoms with van der Waals surface area (Å²) >= 11 is 0. The van der Waals surface area contributed by atoms with Crippen molar-refractivity contribution >= 4 is 21.4 Å². The van der Waals surface area contributed by atoms with Crippen LogP contribution >= 0.6 is 0 Å². The van der Waals surface area contributed by atoms with Gasteiger partial charge in [-0.15, -0.1) is 10.2 Å². The SMILES string of the molecule is CCc1nnc2cc(N3CCN(S(=O)(=O)c4ccc(C(C)C)cc4)CC3)cnn12. The Labute approximate surface area is 171 Å². The topological polar surface area (TPSA) is 83.7 Å². The first-order valence-electron chi connectivity index (χ1n) is 9.95. The van der Waals surface area contributed by atoms with E-state index in [2.05, 4.69) is 34.0 Å². The van der Waals surface area contributed by atoms with E-state index in [9.17, 15) is 8.42 Å². The van der Waals surface area contributed by atoms with Gasteiger partial charge in [-0.25, -0.2) is 8.42 Å². The van der Waals surface area contributed by atoms with E-state index in [4.69, 9.17) is 0 Å². The molecule has 8 nitrogen and oxygen atoms in total. The van der Waals surface area contributed by atoms with Gasteiger partial charge in [0.15, 0.2) is 11.5 Å². The molecule has 29 heavy (non-hydrogen) atoms. The third-order valence-corrected chi connectivity index (χ3v) is 7.33. The highest BCUT2D eigenvalue weighted by Crippen LogP contribution is 2.23. The number of hydrogen-bond donors (Lipinski definition) is 0. The molecule has 1 saturated heterocycles. The molecule has 4 rings (SSSR count). The minimum absolute atomic E-state index is 0.356. The van der Waals surface area contributed by atoms with Crippen molar-refractivity contribution in [3.63, 3.8) is 0 Å². The second kappa shape index (κ2) is 7.72. The molecule has 3 aromatic rings. The molecule has 1 aliphatic rings. The van der Waals surface area contributed by atoms with E-state index in [1.807, 2.05) is 25.1 Å². The molecule has 1 aromatic carbocycles. The predicted molar refractivity (Wildman–Crippen MR) is 112 cm³/mol. The molecule has 0 N–H and O–H groups in total. The largest absolute Gasteiger partial charge is 0.367 e. The van der Waals surface area contributed by atoms with E-state index in [1.54, 1.807) is 27.2 Å². The van der Waals surface area contributed by atoms with E-state index in [0.717, 1.165) is 23.5 Å². The van der Waals surface area contributed by atoms with Crippen LogP contribution in [-0.2, 0) is 16.4 Å². The highest BCUT2D eigenvalue weighted by molar-refractivity contribution is 7.89. The Morgan fingerprint density at radius 1 is 1.03 bits per heavy atom. The quantitative estimate of drug-likeness (QED) is 0.637. The third kappa shape index (κ3) is 3.72. The zero-order valence-corrected chi connectivity index (χ0v) is 17.8. The number of benzene rings is 1. The predicted octanol–water partition coefficient (Wildman–Crippen LogP) is 2.32. The highest BCUT2D eigenvalue weighted by atomic mass is 32.2. The van der Waals surface area contributed by atoms with Crippen LogP contribution in [0.25, 0.3) is 5.65 Å². The van der Waals surface area contributed by atoms with Gasteiger partial charge < -0.3 is 4.90 Å². The van der Waals surface area contributed by atoms with E-state index in [1.165, 1.54) is 0 Å². The standard InChI is InChI=1S/C20H26N6O2S/c1-4-19-22-23-20-13-17(14-21-26(19)20)24-9-11-25(12-10-24)29(27,28)18-7-5-16(6-8-18)15(2)3/h5-8,13-15H,4,9-12H2,1-3H3. The Kier molecular flexibility index (Phi) is 5.26. The second-order valence-electron chi connectivity index (χ2n) is 7.57. The van der Waals surface area contributed by atoms with E-state index < -0.39 is 10.0 Å². The minimum atomic E-state index is -3.48. The lowest BCUT2D eigenvalue weighted by Gasteiger charge is -2.35. The van der Waals surface area contributed by atoms with Crippen LogP contribution in [0.3, 0.4) is 0 Å². The van der Waals surface area contributed by atoms with Crippen molar-refractivity contribution < 1.29 is 8.42 Å². The number of aromatic nitrogens is 4. The highest BCUT2D eigenvalue weighted by Gasteiger charge is 2.29. The number of anilines is 1. The number of sulfonamides is 1. The number of hydrogen-bond acceptors (Lipinski definition) is 6. The molecule has 3 heterocycles. The fourth-order valence-corrected chi connectivity index (χ4v) is 5.00. The average Bonchev–Trinajstić information content (AvgIpc) is 3.16. The number of fused-ring (bicyclic) bond motifs is 1. The van der Waals surface area contributed by atoms with Gasteiger partial charge in [-0.2, -0.15) is 13.9 Å². The van der Waals surface area contributed by atoms with Gasteiger partial charge in [0.25, 0.3) is 0 Å². The van der Waals surface area contributed by atoms with Gasteiger partial charge in [0, 0.05) is 38.7 Å². The van der Waals surface area contributed by atoms with Crippen molar-refractivity contribution in [2.24, 2.45) is 0 Å². The maximum absolute atomic E-state index is 13.0. The van der Waals surface area contributed by atoms with Crippen LogP contribution < -0.4 is 4.90 Å². The molecule has 0 saturated carbocycles. The summed E-state index contributed by atoms with van der Waals surface area (Å²) in [4.78, 5) is 2.50. The van der Waals surface area contributed by atoms with Crippen LogP contribution in [-0.4, -0.2) is 58.7 Å². The van der Waals surface area contributed by atoms with Crippen LogP contribution in [0.1, 0.15) is 38.1 Å². The van der Waals surface area contributed by atoms with Crippen molar-refractivity contribution in [1.82, 2.24) is 24.1 Å². The number of aryl methyl sites for hydroxylation is 1. The zero-order valence-electron chi connectivity index (χ0n) is 17.0. The molecule has 0 aliphatic carbocycles. The third-order valence-electron chi connectivity index (χ3n) is 5.42. The van der Waals surface area contributed by atoms with Gasteiger partial charge in [-0.3, -0.25) is 0 Å². The van der Waals surface area contributed by atoms with Crippen LogP contribution in [0.4, 0.5) is 5.69 Å². The molecule has 0 bridgehead atoms. The first-order valence-corrected chi connectivity index (χ1v) is 11.4. The Bertz CT molecular complexity index is 1100. The molecular formula is C20H26N6O2S. The molecule has 1 fully saturated rings. The molecular weight excluding hydrogens is 388 g/mol. The zero-order chi connectivity index (χ0) is 20.6. The number of rotatable bonds is 5. The molecule has 154 valence electrons. The van der Waals surface area contributed by atoms with Crippen LogP contribution in [0.5, 0.6) is 0 Å². The fraction of sp³-hybridized carbons (Fsp3) is 0.450. The smallest absolute Gasteiger partial charge is 0.243 e. The van der Waals surface area contributed by atoms with Crippen molar-refractivity contribution in [2.45, 2.75) is 38.0 Å². The molecule has 0 amide bonds. The van der Waals surface area contributed by atoms with E-state index in [-0.39, 0.29) is 0 Å². The lowest BCUT2D eigenvalue weighted by Crippen LogP contribution is -2.48. The molecule has 1 aliphatic heterocycles. The summed E-state index contributed by atoms with van der Waals surface area (Å²) in [5.41, 5.74) is 2.78. The number of nitrogens with zero attached hydrogens (tertiary/aromatic N) is 6. The Hall–Kier alpha value is -2.52. The molecule has 0 radical (unpaired) electrons. The summed E-state index contributed by atoms with van der Waals surface area (Å²) in [5, 5.41) is 12.8. The molecule has 0 unspecified atom stereocenters. The number of piperazine rings is 1. The Balaban J connectivity index is 1.47. The van der Waals surface area contributed by atoms with Gasteiger partial charge in [0.1, 0.15) is 0 Å². The normalized spacial score (nSPS) is 16.1. The van der Waals surface area contributed by atoms with Crippen LogP contribution in [0.15, 0.2) is 41.4 Å². The van der Waals surface area contributed by atoms with Crippen LogP contribution in [0.2, 0.25) is 0 Å². The lowest BCUT2D eigenvalue weighted by molar-refractivity contribution is 0.384. The summed E-state index contributed by atoms with van der Waals surface area (Å²) in [6.45, 7) is 8.29. The molecule has 2 aromatic heterocycles. The van der Waals surface area contributed by atoms with Gasteiger partial charge in [0.2, 0.25) is 10.0 Å². The monoisotopic (exact) mass is 414 g/mol. The maximum Gasteiger partial charge on any atom is 0.243 e. The first-order chi connectivity index (χ1) is 13.9. The summed E-state index contributed by atoms with van der Waals surface area (Å²) in [6, 6.07) is 9.18. The van der Waals surface area contributed by atoms with Gasteiger partial charge in [0.05, 0.1) is 16.8 Å². The maximum atomic E-state index is 13.0. The Morgan fingerprint density at radius 2 is 1.72 bits per heavy atom. The summed E-state index contributed by atoms with van der Waals surface area (Å²) < 4.78 is 29.3. The van der Waals surface area contributed by atoms with Crippen molar-refractivity contribution in [1.29, 1.82) is 0 Å². The van der Waals surface area contributed by atoms with Gasteiger partial charge >= 0.3 is 0 Å². The summed E-state index contributed by atoms with van der Waals surface area (Å²) in [6.07, 6.45) is 2.56. The van der Waals surface area contributed by atoms with Crippen molar-refractivity contribution in [3.8, 4) is 0 Å². The van der Waals surface area contributed by atoms with E-state index >= 15 is 0 Å². The lowest BCUT2D eigenvalue weighted by atomic mass is 10.0. The summed E-state index contributed by atoms with van der Waals surface area (Å²) in [5.74, 6) is 1.20. The van der Waals surface area contributed by atoms with E-state index in [0.29, 0.717) is 42.6 Å². The van der Waals surface area contributed by atoms with Crippen LogP contribution in [0, 0.1) is 0 Å². The summed E-state index contributed by atoms with van der Waals surface area (Å²) in [7, 11) is -3.48. The fourth-order valence-electron chi connectivity index (χ4n) is 3.58. The average molecular weight is 415 g/mol. The minimum Gasteiger partial charge on any atom is -0.367 e. The van der Waals surface area contributed by atoms with Gasteiger partial charge in [-0.05, 0) is 23.6 Å². The first kappa shape index (κ1) is 19.8. The molecule has 9 heteroatoms. The van der Waals surface area contributed by atoms with Crippen molar-refractivity contribution in [2.75, 3.05) is 31.1 Å².